The molecule has 128 valence electrons. The van der Waals surface area contributed by atoms with Gasteiger partial charge in [0.05, 0.1) is 11.1 Å². The normalized spacial score (nSPS) is 18.0. The summed E-state index contributed by atoms with van der Waals surface area (Å²) in [5.74, 6) is 0.332. The molecule has 2 heterocycles. The molecule has 0 spiro atoms. The van der Waals surface area contributed by atoms with Crippen LogP contribution < -0.4 is 10.9 Å². The average molecular weight is 364 g/mol. The summed E-state index contributed by atoms with van der Waals surface area (Å²) < 4.78 is 0. The van der Waals surface area contributed by atoms with Gasteiger partial charge in [0.2, 0.25) is 5.91 Å². The van der Waals surface area contributed by atoms with E-state index in [2.05, 4.69) is 15.3 Å². The first kappa shape index (κ1) is 16.1. The monoisotopic (exact) mass is 363 g/mol. The lowest BCUT2D eigenvalue weighted by atomic mass is 9.95. The minimum absolute atomic E-state index is 0.0309. The first-order chi connectivity index (χ1) is 11.7. The number of rotatable bonds is 4. The predicted molar refractivity (Wildman–Crippen MR) is 98.0 cm³/mol. The van der Waals surface area contributed by atoms with Crippen molar-refractivity contribution >= 4 is 39.2 Å². The van der Waals surface area contributed by atoms with Crippen molar-refractivity contribution in [3.05, 3.63) is 20.8 Å². The van der Waals surface area contributed by atoms with Crippen molar-refractivity contribution < 1.29 is 4.79 Å². The number of fused-ring (bicyclic) bond motifs is 3. The zero-order valence-electron chi connectivity index (χ0n) is 13.5. The van der Waals surface area contributed by atoms with Crippen LogP contribution in [0.4, 0.5) is 0 Å². The molecule has 0 radical (unpaired) electrons. The van der Waals surface area contributed by atoms with Gasteiger partial charge in [-0.3, -0.25) is 9.59 Å². The number of nitrogens with zero attached hydrogens (tertiary/aromatic N) is 1. The summed E-state index contributed by atoms with van der Waals surface area (Å²) in [6.45, 7) is 0. The average Bonchev–Trinajstić information content (AvgIpc) is 3.14. The Labute approximate surface area is 148 Å². The number of amides is 1. The number of nitrogens with one attached hydrogen (secondary N) is 2. The molecule has 0 aromatic carbocycles. The van der Waals surface area contributed by atoms with Crippen LogP contribution in [0.1, 0.15) is 49.0 Å². The Morgan fingerprint density at radius 3 is 2.92 bits per heavy atom. The Bertz CT molecular complexity index is 821. The number of carbonyl (C=O) groups excluding carboxylic acids is 1. The number of aromatic nitrogens is 2. The zero-order valence-corrected chi connectivity index (χ0v) is 15.2. The molecule has 2 N–H and O–H groups in total. The standard InChI is InChI=1S/C17H21N3O2S2/c21-13(18-10-5-2-1-3-6-10)9-23-17-19-15(22)14-11-7-4-8-12(11)24-16(14)20-17/h10H,1-9H2,(H,18,21)(H,19,20,22). The molecule has 1 amide bonds. The molecule has 1 saturated carbocycles. The van der Waals surface area contributed by atoms with Gasteiger partial charge in [0.15, 0.2) is 5.16 Å². The number of hydrogen-bond acceptors (Lipinski definition) is 5. The maximum Gasteiger partial charge on any atom is 0.260 e. The fraction of sp³-hybridized carbons (Fsp3) is 0.588. The number of aryl methyl sites for hydroxylation is 2. The van der Waals surface area contributed by atoms with E-state index in [1.54, 1.807) is 11.3 Å². The van der Waals surface area contributed by atoms with Crippen molar-refractivity contribution in [2.45, 2.75) is 62.6 Å². The summed E-state index contributed by atoms with van der Waals surface area (Å²) >= 11 is 2.95. The molecule has 0 bridgehead atoms. The van der Waals surface area contributed by atoms with Gasteiger partial charge >= 0.3 is 0 Å². The molecule has 0 saturated heterocycles. The summed E-state index contributed by atoms with van der Waals surface area (Å²) in [5, 5.41) is 4.41. The summed E-state index contributed by atoms with van der Waals surface area (Å²) in [7, 11) is 0. The Kier molecular flexibility index (Phi) is 4.63. The predicted octanol–water partition coefficient (Wildman–Crippen LogP) is 3.01. The summed E-state index contributed by atoms with van der Waals surface area (Å²) in [5.41, 5.74) is 1.13. The molecule has 0 unspecified atom stereocenters. The highest BCUT2D eigenvalue weighted by molar-refractivity contribution is 7.99. The van der Waals surface area contributed by atoms with Gasteiger partial charge in [0.25, 0.3) is 5.56 Å². The second-order valence-electron chi connectivity index (χ2n) is 6.60. The molecule has 2 aliphatic rings. The third-order valence-corrected chi connectivity index (χ3v) is 6.92. The second kappa shape index (κ2) is 6.88. The van der Waals surface area contributed by atoms with Crippen LogP contribution in [0.2, 0.25) is 0 Å². The molecule has 24 heavy (non-hydrogen) atoms. The minimum atomic E-state index is -0.0606. The van der Waals surface area contributed by atoms with Crippen LogP contribution in [0.25, 0.3) is 10.2 Å². The van der Waals surface area contributed by atoms with E-state index in [4.69, 9.17) is 0 Å². The fourth-order valence-electron chi connectivity index (χ4n) is 3.70. The lowest BCUT2D eigenvalue weighted by Crippen LogP contribution is -2.37. The topological polar surface area (TPSA) is 74.8 Å². The molecule has 4 rings (SSSR count). The van der Waals surface area contributed by atoms with Crippen LogP contribution in [-0.4, -0.2) is 27.7 Å². The van der Waals surface area contributed by atoms with Crippen LogP contribution >= 0.6 is 23.1 Å². The van der Waals surface area contributed by atoms with Crippen molar-refractivity contribution in [2.24, 2.45) is 0 Å². The van der Waals surface area contributed by atoms with Crippen molar-refractivity contribution in [1.29, 1.82) is 0 Å². The summed E-state index contributed by atoms with van der Waals surface area (Å²) in [4.78, 5) is 34.0. The zero-order chi connectivity index (χ0) is 16.5. The van der Waals surface area contributed by atoms with E-state index in [0.29, 0.717) is 17.0 Å². The van der Waals surface area contributed by atoms with E-state index in [1.165, 1.54) is 41.5 Å². The van der Waals surface area contributed by atoms with Gasteiger partial charge in [0, 0.05) is 10.9 Å². The van der Waals surface area contributed by atoms with Crippen LogP contribution in [0.5, 0.6) is 0 Å². The quantitative estimate of drug-likeness (QED) is 0.647. The SMILES string of the molecule is O=C(CSc1nc2sc3c(c2c(=O)[nH]1)CCC3)NC1CCCCC1. The molecule has 2 aromatic rings. The lowest BCUT2D eigenvalue weighted by molar-refractivity contribution is -0.119. The molecular formula is C17H21N3O2S2. The van der Waals surface area contributed by atoms with Crippen molar-refractivity contribution in [2.75, 3.05) is 5.75 Å². The number of carbonyl (C=O) groups is 1. The number of thiophene rings is 1. The Hall–Kier alpha value is -1.34. The van der Waals surface area contributed by atoms with Crippen LogP contribution in [-0.2, 0) is 17.6 Å². The second-order valence-corrected chi connectivity index (χ2v) is 8.65. The Balaban J connectivity index is 1.43. The van der Waals surface area contributed by atoms with Gasteiger partial charge in [-0.05, 0) is 37.7 Å². The summed E-state index contributed by atoms with van der Waals surface area (Å²) in [6.07, 6.45) is 9.01. The Morgan fingerprint density at radius 2 is 2.08 bits per heavy atom. The Morgan fingerprint density at radius 1 is 1.25 bits per heavy atom. The number of H-pyrrole nitrogens is 1. The third kappa shape index (κ3) is 3.24. The van der Waals surface area contributed by atoms with E-state index >= 15 is 0 Å². The van der Waals surface area contributed by atoms with Gasteiger partial charge in [-0.15, -0.1) is 11.3 Å². The van der Waals surface area contributed by atoms with Crippen molar-refractivity contribution in [3.63, 3.8) is 0 Å². The van der Waals surface area contributed by atoms with E-state index in [0.717, 1.165) is 42.3 Å². The summed E-state index contributed by atoms with van der Waals surface area (Å²) in [6, 6.07) is 0.321. The fourth-order valence-corrected chi connectivity index (χ4v) is 5.69. The van der Waals surface area contributed by atoms with Crippen molar-refractivity contribution in [1.82, 2.24) is 15.3 Å². The van der Waals surface area contributed by atoms with Gasteiger partial charge in [0.1, 0.15) is 4.83 Å². The van der Waals surface area contributed by atoms with Gasteiger partial charge in [-0.1, -0.05) is 31.0 Å². The van der Waals surface area contributed by atoms with Crippen LogP contribution in [0.15, 0.2) is 9.95 Å². The number of aromatic amines is 1. The first-order valence-electron chi connectivity index (χ1n) is 8.67. The molecule has 7 heteroatoms. The maximum atomic E-state index is 12.4. The van der Waals surface area contributed by atoms with Gasteiger partial charge in [-0.25, -0.2) is 4.98 Å². The maximum absolute atomic E-state index is 12.4. The van der Waals surface area contributed by atoms with E-state index < -0.39 is 0 Å². The molecule has 2 aliphatic carbocycles. The molecule has 0 aliphatic heterocycles. The minimum Gasteiger partial charge on any atom is -0.353 e. The third-order valence-electron chi connectivity index (χ3n) is 4.86. The molecule has 5 nitrogen and oxygen atoms in total. The van der Waals surface area contributed by atoms with E-state index in [-0.39, 0.29) is 11.5 Å². The lowest BCUT2D eigenvalue weighted by Gasteiger charge is -2.22. The van der Waals surface area contributed by atoms with E-state index in [1.807, 2.05) is 0 Å². The molecular weight excluding hydrogens is 342 g/mol. The molecule has 0 atom stereocenters. The van der Waals surface area contributed by atoms with Crippen LogP contribution in [0, 0.1) is 0 Å². The first-order valence-corrected chi connectivity index (χ1v) is 10.5. The van der Waals surface area contributed by atoms with Gasteiger partial charge < -0.3 is 10.3 Å². The molecule has 2 aromatic heterocycles. The highest BCUT2D eigenvalue weighted by Crippen LogP contribution is 2.35. The van der Waals surface area contributed by atoms with Crippen molar-refractivity contribution in [3.8, 4) is 0 Å². The largest absolute Gasteiger partial charge is 0.353 e. The number of hydrogen-bond donors (Lipinski definition) is 2. The van der Waals surface area contributed by atoms with Crippen LogP contribution in [0.3, 0.4) is 0 Å². The highest BCUT2D eigenvalue weighted by atomic mass is 32.2. The van der Waals surface area contributed by atoms with Gasteiger partial charge in [-0.2, -0.15) is 0 Å². The van der Waals surface area contributed by atoms with E-state index in [9.17, 15) is 9.59 Å². The smallest absolute Gasteiger partial charge is 0.260 e. The molecule has 1 fully saturated rings. The number of thioether (sulfide) groups is 1. The highest BCUT2D eigenvalue weighted by Gasteiger charge is 2.21.